The second kappa shape index (κ2) is 6.20. The van der Waals surface area contributed by atoms with E-state index < -0.39 is 23.0 Å². The van der Waals surface area contributed by atoms with Gasteiger partial charge in [-0.2, -0.15) is 13.2 Å². The number of thiophene rings is 1. The van der Waals surface area contributed by atoms with Crippen LogP contribution in [0.15, 0.2) is 35.7 Å². The molecule has 128 valence electrons. The molecule has 2 aromatic rings. The highest BCUT2D eigenvalue weighted by molar-refractivity contribution is 7.10. The second-order valence-corrected chi connectivity index (χ2v) is 6.86. The SMILES string of the molecule is O=C(Nc1ccc(F)c(C(F)(F)F)c1)C1(c2cccs2)CCCC1. The Bertz CT molecular complexity index is 734. The molecular weight excluding hydrogens is 342 g/mol. The summed E-state index contributed by atoms with van der Waals surface area (Å²) in [6.07, 6.45) is -1.70. The van der Waals surface area contributed by atoms with Gasteiger partial charge < -0.3 is 5.32 Å². The maximum Gasteiger partial charge on any atom is 0.419 e. The molecule has 1 amide bonds. The molecule has 0 aliphatic heterocycles. The van der Waals surface area contributed by atoms with Crippen LogP contribution in [0.1, 0.15) is 36.1 Å². The summed E-state index contributed by atoms with van der Waals surface area (Å²) in [6, 6.07) is 6.25. The first-order valence-corrected chi connectivity index (χ1v) is 8.43. The summed E-state index contributed by atoms with van der Waals surface area (Å²) in [7, 11) is 0. The van der Waals surface area contributed by atoms with Crippen LogP contribution in [-0.2, 0) is 16.4 Å². The fourth-order valence-electron chi connectivity index (χ4n) is 3.19. The van der Waals surface area contributed by atoms with Crippen molar-refractivity contribution in [2.24, 2.45) is 0 Å². The molecule has 0 bridgehead atoms. The van der Waals surface area contributed by atoms with Crippen LogP contribution in [0, 0.1) is 5.82 Å². The average Bonchev–Trinajstić information content (AvgIpc) is 3.19. The van der Waals surface area contributed by atoms with Crippen molar-refractivity contribution in [3.05, 3.63) is 52.0 Å². The van der Waals surface area contributed by atoms with Gasteiger partial charge in [-0.1, -0.05) is 18.9 Å². The van der Waals surface area contributed by atoms with E-state index in [1.165, 1.54) is 11.3 Å². The van der Waals surface area contributed by atoms with E-state index in [0.717, 1.165) is 29.9 Å². The number of amides is 1. The van der Waals surface area contributed by atoms with Gasteiger partial charge in [0.2, 0.25) is 5.91 Å². The summed E-state index contributed by atoms with van der Waals surface area (Å²) in [5.41, 5.74) is -2.13. The topological polar surface area (TPSA) is 29.1 Å². The minimum Gasteiger partial charge on any atom is -0.325 e. The highest BCUT2D eigenvalue weighted by atomic mass is 32.1. The number of carbonyl (C=O) groups excluding carboxylic acids is 1. The molecule has 0 radical (unpaired) electrons. The lowest BCUT2D eigenvalue weighted by atomic mass is 9.83. The van der Waals surface area contributed by atoms with Gasteiger partial charge in [0.1, 0.15) is 5.82 Å². The monoisotopic (exact) mass is 357 g/mol. The van der Waals surface area contributed by atoms with Crippen LogP contribution >= 0.6 is 11.3 Å². The molecule has 1 aromatic carbocycles. The second-order valence-electron chi connectivity index (χ2n) is 5.91. The van der Waals surface area contributed by atoms with E-state index in [-0.39, 0.29) is 11.6 Å². The average molecular weight is 357 g/mol. The molecule has 2 nitrogen and oxygen atoms in total. The van der Waals surface area contributed by atoms with E-state index in [4.69, 9.17) is 0 Å². The molecule has 1 aliphatic rings. The van der Waals surface area contributed by atoms with Crippen molar-refractivity contribution in [2.75, 3.05) is 5.32 Å². The molecule has 0 saturated heterocycles. The van der Waals surface area contributed by atoms with Gasteiger partial charge >= 0.3 is 6.18 Å². The van der Waals surface area contributed by atoms with Gasteiger partial charge in [0.05, 0.1) is 11.0 Å². The zero-order valence-corrected chi connectivity index (χ0v) is 13.4. The van der Waals surface area contributed by atoms with Crippen molar-refractivity contribution in [3.63, 3.8) is 0 Å². The fourth-order valence-corrected chi connectivity index (χ4v) is 4.17. The Morgan fingerprint density at radius 1 is 1.17 bits per heavy atom. The summed E-state index contributed by atoms with van der Waals surface area (Å²) in [5, 5.41) is 4.43. The predicted octanol–water partition coefficient (Wildman–Crippen LogP) is 5.36. The molecule has 1 saturated carbocycles. The number of hydrogen-bond donors (Lipinski definition) is 1. The molecule has 7 heteroatoms. The molecule has 0 unspecified atom stereocenters. The van der Waals surface area contributed by atoms with Crippen molar-refractivity contribution in [1.82, 2.24) is 0 Å². The van der Waals surface area contributed by atoms with E-state index >= 15 is 0 Å². The molecule has 1 fully saturated rings. The largest absolute Gasteiger partial charge is 0.419 e. The Labute approximate surface area is 140 Å². The van der Waals surface area contributed by atoms with Crippen LogP contribution in [0.25, 0.3) is 0 Å². The molecular formula is C17H15F4NOS. The third-order valence-corrected chi connectivity index (χ3v) is 5.49. The third kappa shape index (κ3) is 3.05. The van der Waals surface area contributed by atoms with E-state index in [0.29, 0.717) is 18.9 Å². The summed E-state index contributed by atoms with van der Waals surface area (Å²) in [6.45, 7) is 0. The van der Waals surface area contributed by atoms with Gasteiger partial charge in [-0.25, -0.2) is 4.39 Å². The quantitative estimate of drug-likeness (QED) is 0.737. The summed E-state index contributed by atoms with van der Waals surface area (Å²) >= 11 is 1.47. The van der Waals surface area contributed by atoms with Crippen LogP contribution in [0.5, 0.6) is 0 Å². The van der Waals surface area contributed by atoms with Gasteiger partial charge in [0.15, 0.2) is 0 Å². The minimum absolute atomic E-state index is 0.0449. The number of benzene rings is 1. The molecule has 0 atom stereocenters. The first kappa shape index (κ1) is 17.0. The lowest BCUT2D eigenvalue weighted by molar-refractivity contribution is -0.140. The number of halogens is 4. The Morgan fingerprint density at radius 3 is 2.46 bits per heavy atom. The molecule has 0 spiro atoms. The van der Waals surface area contributed by atoms with Crippen LogP contribution in [0.4, 0.5) is 23.2 Å². The van der Waals surface area contributed by atoms with Crippen molar-refractivity contribution in [1.29, 1.82) is 0 Å². The van der Waals surface area contributed by atoms with Crippen LogP contribution in [0.3, 0.4) is 0 Å². The van der Waals surface area contributed by atoms with Gasteiger partial charge in [-0.3, -0.25) is 4.79 Å². The maximum atomic E-state index is 13.4. The highest BCUT2D eigenvalue weighted by Crippen LogP contribution is 2.44. The molecule has 1 aromatic heterocycles. The zero-order valence-electron chi connectivity index (χ0n) is 12.6. The van der Waals surface area contributed by atoms with Crippen molar-refractivity contribution >= 4 is 22.9 Å². The minimum atomic E-state index is -4.80. The summed E-state index contributed by atoms with van der Waals surface area (Å²) in [4.78, 5) is 13.7. The normalized spacial score (nSPS) is 17.0. The van der Waals surface area contributed by atoms with E-state index in [1.807, 2.05) is 17.5 Å². The maximum absolute atomic E-state index is 13.4. The van der Waals surface area contributed by atoms with Gasteiger partial charge in [0, 0.05) is 10.6 Å². The predicted molar refractivity (Wildman–Crippen MR) is 84.5 cm³/mol. The van der Waals surface area contributed by atoms with E-state index in [2.05, 4.69) is 5.32 Å². The smallest absolute Gasteiger partial charge is 0.325 e. The summed E-state index contributed by atoms with van der Waals surface area (Å²) in [5.74, 6) is -1.68. The molecule has 1 N–H and O–H groups in total. The van der Waals surface area contributed by atoms with Crippen molar-refractivity contribution in [3.8, 4) is 0 Å². The standard InChI is InChI=1S/C17H15F4NOS/c18-13-6-5-11(10-12(13)17(19,20)21)22-15(23)16(7-1-2-8-16)14-4-3-9-24-14/h3-6,9-10H,1-2,7-8H2,(H,22,23). The number of rotatable bonds is 3. The van der Waals surface area contributed by atoms with Crippen LogP contribution < -0.4 is 5.32 Å². The Kier molecular flexibility index (Phi) is 4.38. The third-order valence-electron chi connectivity index (χ3n) is 4.41. The number of alkyl halides is 3. The van der Waals surface area contributed by atoms with Gasteiger partial charge in [0.25, 0.3) is 0 Å². The molecule has 24 heavy (non-hydrogen) atoms. The number of nitrogens with one attached hydrogen (secondary N) is 1. The lowest BCUT2D eigenvalue weighted by Crippen LogP contribution is -2.37. The fraction of sp³-hybridized carbons (Fsp3) is 0.353. The summed E-state index contributed by atoms with van der Waals surface area (Å²) < 4.78 is 51.8. The Morgan fingerprint density at radius 2 is 1.88 bits per heavy atom. The number of anilines is 1. The van der Waals surface area contributed by atoms with Gasteiger partial charge in [-0.05, 0) is 42.5 Å². The lowest BCUT2D eigenvalue weighted by Gasteiger charge is -2.26. The first-order valence-electron chi connectivity index (χ1n) is 7.55. The van der Waals surface area contributed by atoms with Crippen LogP contribution in [0.2, 0.25) is 0 Å². The van der Waals surface area contributed by atoms with Gasteiger partial charge in [-0.15, -0.1) is 11.3 Å². The first-order chi connectivity index (χ1) is 11.3. The van der Waals surface area contributed by atoms with Crippen molar-refractivity contribution in [2.45, 2.75) is 37.3 Å². The molecule has 3 rings (SSSR count). The Hall–Kier alpha value is -1.89. The molecule has 1 heterocycles. The van der Waals surface area contributed by atoms with Crippen molar-refractivity contribution < 1.29 is 22.4 Å². The highest BCUT2D eigenvalue weighted by Gasteiger charge is 2.43. The number of carbonyl (C=O) groups is 1. The molecule has 1 aliphatic carbocycles. The van der Waals surface area contributed by atoms with Crippen LogP contribution in [-0.4, -0.2) is 5.91 Å². The van der Waals surface area contributed by atoms with E-state index in [9.17, 15) is 22.4 Å². The number of hydrogen-bond acceptors (Lipinski definition) is 2. The Balaban J connectivity index is 1.89. The zero-order chi connectivity index (χ0) is 17.4. The van der Waals surface area contributed by atoms with E-state index in [1.54, 1.807) is 0 Å².